The zero-order valence-electron chi connectivity index (χ0n) is 18.2. The number of aromatic nitrogens is 2. The average molecular weight is 448 g/mol. The van der Waals surface area contributed by atoms with E-state index in [1.807, 2.05) is 25.1 Å². The van der Waals surface area contributed by atoms with E-state index in [-0.39, 0.29) is 4.90 Å². The van der Waals surface area contributed by atoms with Crippen LogP contribution in [0.2, 0.25) is 0 Å². The van der Waals surface area contributed by atoms with E-state index in [4.69, 9.17) is 14.5 Å². The molecule has 0 unspecified atom stereocenters. The number of fused-ring (bicyclic) bond motifs is 1. The fourth-order valence-corrected chi connectivity index (χ4v) is 5.64. The van der Waals surface area contributed by atoms with E-state index in [1.54, 1.807) is 25.2 Å². The third-order valence-electron chi connectivity index (χ3n) is 5.40. The molecule has 168 valence electrons. The van der Waals surface area contributed by atoms with Crippen molar-refractivity contribution in [2.24, 2.45) is 0 Å². The second-order valence-corrected chi connectivity index (χ2v) is 9.91. The number of hydrogen-bond donors (Lipinski definition) is 1. The summed E-state index contributed by atoms with van der Waals surface area (Å²) in [7, 11) is 1.98. The van der Waals surface area contributed by atoms with Gasteiger partial charge in [0.2, 0.25) is 10.0 Å². The molecule has 0 spiro atoms. The Labute approximate surface area is 183 Å². The molecule has 2 aliphatic heterocycles. The monoisotopic (exact) mass is 447 g/mol. The van der Waals surface area contributed by atoms with Crippen LogP contribution in [-0.4, -0.2) is 68.5 Å². The van der Waals surface area contributed by atoms with Gasteiger partial charge in [0.25, 0.3) is 0 Å². The highest BCUT2D eigenvalue weighted by Crippen LogP contribution is 2.38. The number of benzene rings is 1. The van der Waals surface area contributed by atoms with Gasteiger partial charge in [-0.05, 0) is 39.1 Å². The number of piperidine rings is 1. The van der Waals surface area contributed by atoms with Gasteiger partial charge in [-0.3, -0.25) is 0 Å². The van der Waals surface area contributed by atoms with Crippen LogP contribution in [0.15, 0.2) is 29.2 Å². The number of ether oxygens (including phenoxy) is 2. The Morgan fingerprint density at radius 1 is 1.13 bits per heavy atom. The molecule has 2 aliphatic rings. The van der Waals surface area contributed by atoms with Crippen LogP contribution in [0.5, 0.6) is 11.5 Å². The van der Waals surface area contributed by atoms with Gasteiger partial charge in [-0.2, -0.15) is 4.31 Å². The Hall–Kier alpha value is -2.43. The van der Waals surface area contributed by atoms with Gasteiger partial charge in [-0.1, -0.05) is 6.42 Å². The van der Waals surface area contributed by atoms with Crippen molar-refractivity contribution in [3.8, 4) is 11.5 Å². The number of nitrogens with zero attached hydrogens (tertiary/aromatic N) is 4. The van der Waals surface area contributed by atoms with Gasteiger partial charge >= 0.3 is 0 Å². The van der Waals surface area contributed by atoms with E-state index in [9.17, 15) is 8.42 Å². The normalized spacial score (nSPS) is 19.4. The van der Waals surface area contributed by atoms with Gasteiger partial charge in [-0.25, -0.2) is 18.4 Å². The van der Waals surface area contributed by atoms with Gasteiger partial charge in [0, 0.05) is 32.3 Å². The lowest BCUT2D eigenvalue weighted by atomic mass is 10.0. The molecule has 0 aliphatic carbocycles. The molecule has 31 heavy (non-hydrogen) atoms. The molecule has 1 aromatic heterocycles. The minimum absolute atomic E-state index is 0.196. The van der Waals surface area contributed by atoms with Crippen molar-refractivity contribution in [3.63, 3.8) is 0 Å². The van der Waals surface area contributed by atoms with Crippen LogP contribution in [0.4, 0.5) is 5.82 Å². The van der Waals surface area contributed by atoms with Crippen LogP contribution in [-0.2, 0) is 16.6 Å². The van der Waals surface area contributed by atoms with E-state index < -0.39 is 16.1 Å². The zero-order valence-corrected chi connectivity index (χ0v) is 19.0. The summed E-state index contributed by atoms with van der Waals surface area (Å²) in [6, 6.07) is 6.27. The molecule has 1 aromatic carbocycles. The quantitative estimate of drug-likeness (QED) is 0.720. The topological polar surface area (TPSA) is 96.9 Å². The van der Waals surface area contributed by atoms with E-state index in [1.165, 1.54) is 4.31 Å². The lowest BCUT2D eigenvalue weighted by molar-refractivity contribution is 0.171. The number of rotatable bonds is 6. The van der Waals surface area contributed by atoms with E-state index in [0.29, 0.717) is 55.9 Å². The molecule has 0 bridgehead atoms. The second kappa shape index (κ2) is 8.97. The van der Waals surface area contributed by atoms with Gasteiger partial charge in [-0.15, -0.1) is 0 Å². The molecule has 1 atom stereocenters. The third-order valence-corrected chi connectivity index (χ3v) is 7.31. The second-order valence-electron chi connectivity index (χ2n) is 8.02. The molecule has 1 N–H and O–H groups in total. The highest BCUT2D eigenvalue weighted by molar-refractivity contribution is 7.89. The summed E-state index contributed by atoms with van der Waals surface area (Å²) in [5.41, 5.74) is 0.849. The predicted octanol–water partition coefficient (Wildman–Crippen LogP) is 2.27. The van der Waals surface area contributed by atoms with Crippen molar-refractivity contribution < 1.29 is 17.9 Å². The highest BCUT2D eigenvalue weighted by atomic mass is 32.2. The Balaban J connectivity index is 1.70. The molecular weight excluding hydrogens is 418 g/mol. The van der Waals surface area contributed by atoms with Gasteiger partial charge < -0.3 is 19.7 Å². The molecule has 1 saturated heterocycles. The Kier molecular flexibility index (Phi) is 6.31. The van der Waals surface area contributed by atoms with Crippen LogP contribution in [0.1, 0.15) is 36.8 Å². The summed E-state index contributed by atoms with van der Waals surface area (Å²) in [5.74, 6) is 2.25. The first-order valence-electron chi connectivity index (χ1n) is 10.5. The third kappa shape index (κ3) is 4.60. The molecule has 0 radical (unpaired) electrons. The molecule has 2 aromatic rings. The van der Waals surface area contributed by atoms with Crippen molar-refractivity contribution >= 4 is 15.8 Å². The average Bonchev–Trinajstić information content (AvgIpc) is 2.78. The fraction of sp³-hybridized carbons (Fsp3) is 0.524. The first kappa shape index (κ1) is 21.8. The maximum atomic E-state index is 13.6. The summed E-state index contributed by atoms with van der Waals surface area (Å²) < 4.78 is 39.9. The molecule has 0 amide bonds. The van der Waals surface area contributed by atoms with Gasteiger partial charge in [0.1, 0.15) is 24.9 Å². The van der Waals surface area contributed by atoms with Crippen LogP contribution in [0, 0.1) is 0 Å². The lowest BCUT2D eigenvalue weighted by Crippen LogP contribution is -2.39. The van der Waals surface area contributed by atoms with E-state index >= 15 is 0 Å². The minimum Gasteiger partial charge on any atom is -0.486 e. The van der Waals surface area contributed by atoms with Crippen molar-refractivity contribution in [3.05, 3.63) is 35.8 Å². The van der Waals surface area contributed by atoms with Crippen molar-refractivity contribution in [1.82, 2.24) is 19.2 Å². The number of anilines is 1. The number of hydrogen-bond acceptors (Lipinski definition) is 8. The summed E-state index contributed by atoms with van der Waals surface area (Å²) in [4.78, 5) is 11.6. The first-order valence-corrected chi connectivity index (χ1v) is 11.9. The Morgan fingerprint density at radius 3 is 2.65 bits per heavy atom. The lowest BCUT2D eigenvalue weighted by Gasteiger charge is -2.34. The summed E-state index contributed by atoms with van der Waals surface area (Å²) in [5, 5.41) is 3.07. The summed E-state index contributed by atoms with van der Waals surface area (Å²) >= 11 is 0. The predicted molar refractivity (Wildman–Crippen MR) is 117 cm³/mol. The van der Waals surface area contributed by atoms with E-state index in [0.717, 1.165) is 18.5 Å². The summed E-state index contributed by atoms with van der Waals surface area (Å²) in [6.45, 7) is 1.94. The molecule has 10 heteroatoms. The molecule has 4 rings (SSSR count). The van der Waals surface area contributed by atoms with Crippen molar-refractivity contribution in [2.45, 2.75) is 36.7 Å². The highest BCUT2D eigenvalue weighted by Gasteiger charge is 2.37. The van der Waals surface area contributed by atoms with Gasteiger partial charge in [0.05, 0.1) is 16.6 Å². The molecule has 9 nitrogen and oxygen atoms in total. The maximum Gasteiger partial charge on any atom is 0.243 e. The maximum absolute atomic E-state index is 13.6. The zero-order chi connectivity index (χ0) is 22.0. The first-order chi connectivity index (χ1) is 14.9. The summed E-state index contributed by atoms with van der Waals surface area (Å²) in [6.07, 6.45) is 2.41. The number of nitrogens with one attached hydrogen (secondary N) is 1. The largest absolute Gasteiger partial charge is 0.486 e. The minimum atomic E-state index is -3.76. The molecule has 3 heterocycles. The van der Waals surface area contributed by atoms with Crippen LogP contribution < -0.4 is 14.8 Å². The molecule has 1 fully saturated rings. The fourth-order valence-electron chi connectivity index (χ4n) is 3.97. The Morgan fingerprint density at radius 2 is 1.90 bits per heavy atom. The van der Waals surface area contributed by atoms with Crippen LogP contribution in [0.3, 0.4) is 0 Å². The van der Waals surface area contributed by atoms with Gasteiger partial charge in [0.15, 0.2) is 11.5 Å². The molecule has 0 saturated carbocycles. The molecular formula is C21H29N5O4S. The van der Waals surface area contributed by atoms with Crippen molar-refractivity contribution in [2.75, 3.05) is 46.2 Å². The van der Waals surface area contributed by atoms with Crippen LogP contribution in [0.25, 0.3) is 0 Å². The van der Waals surface area contributed by atoms with Crippen LogP contribution >= 0.6 is 0 Å². The SMILES string of the molecule is CNc1cc(CN(C)C)nc([C@@H]2CCCCN2S(=O)(=O)c2ccc3c(c2)OCCO3)n1. The Bertz CT molecular complexity index is 1040. The van der Waals surface area contributed by atoms with Crippen molar-refractivity contribution in [1.29, 1.82) is 0 Å². The standard InChI is InChI=1S/C21H29N5O4S/c1-22-20-12-15(14-25(2)3)23-21(24-20)17-6-4-5-9-26(17)31(27,28)16-7-8-18-19(13-16)30-11-10-29-18/h7-8,12-13,17H,4-6,9-11,14H2,1-3H3,(H,22,23,24)/t17-/m0/s1. The smallest absolute Gasteiger partial charge is 0.243 e. The number of sulfonamides is 1. The van der Waals surface area contributed by atoms with E-state index in [2.05, 4.69) is 10.3 Å².